The molecule has 5 aromatic rings. The van der Waals surface area contributed by atoms with Gasteiger partial charge in [0, 0.05) is 47.2 Å². The van der Waals surface area contributed by atoms with Gasteiger partial charge in [-0.1, -0.05) is 12.1 Å². The van der Waals surface area contributed by atoms with E-state index in [4.69, 9.17) is 4.74 Å². The van der Waals surface area contributed by atoms with Crippen molar-refractivity contribution in [3.63, 3.8) is 0 Å². The zero-order chi connectivity index (χ0) is 26.3. The number of nitrogens with one attached hydrogen (secondary N) is 2. The number of carbonyl (C=O) groups is 1. The first-order chi connectivity index (χ1) is 18.4. The Bertz CT molecular complexity index is 1840. The van der Waals surface area contributed by atoms with Crippen LogP contribution in [-0.4, -0.2) is 41.4 Å². The maximum Gasteiger partial charge on any atom is 0.262 e. The Kier molecular flexibility index (Phi) is 5.69. The summed E-state index contributed by atoms with van der Waals surface area (Å²) >= 11 is 0. The number of pyridine rings is 2. The maximum absolute atomic E-state index is 13.3. The van der Waals surface area contributed by atoms with Gasteiger partial charge in [0.1, 0.15) is 12.0 Å². The maximum atomic E-state index is 13.3. The molecule has 188 valence electrons. The first kappa shape index (κ1) is 23.5. The monoisotopic (exact) mass is 524 g/mol. The fraction of sp³-hybridized carbons (Fsp3) is 0.0741. The second-order valence-electron chi connectivity index (χ2n) is 8.63. The second-order valence-corrected chi connectivity index (χ2v) is 10.3. The SMILES string of the molecule is COc1ncc2cc1NS(=O)(=O)c1cccc(c1)C(=O)NCc1cncc(c1)-c1ncnc3ccc-2cc13. The van der Waals surface area contributed by atoms with E-state index in [1.165, 1.54) is 31.6 Å². The number of hydrogen-bond donors (Lipinski definition) is 2. The Morgan fingerprint density at radius 2 is 1.76 bits per heavy atom. The van der Waals surface area contributed by atoms with Gasteiger partial charge in [-0.2, -0.15) is 0 Å². The van der Waals surface area contributed by atoms with Crippen LogP contribution in [0.3, 0.4) is 0 Å². The molecule has 2 aromatic carbocycles. The number of nitrogens with zero attached hydrogens (tertiary/aromatic N) is 4. The molecule has 8 bridgehead atoms. The zero-order valence-electron chi connectivity index (χ0n) is 20.0. The highest BCUT2D eigenvalue weighted by molar-refractivity contribution is 7.92. The molecular formula is C27H20N6O4S. The van der Waals surface area contributed by atoms with Gasteiger partial charge in [-0.15, -0.1) is 0 Å². The number of benzene rings is 2. The standard InChI is InChI=1S/C27H20N6O4S/c1-37-27-24-10-19(14-30-27)17-5-6-23-22(9-17)25(32-15-31-23)20-7-16(11-28-13-20)12-29-26(34)18-3-2-4-21(8-18)38(35,36)33-24/h2-11,13-15,33H,12H2,1H3,(H,29,34). The van der Waals surface area contributed by atoms with Crippen LogP contribution >= 0.6 is 0 Å². The molecule has 3 aromatic heterocycles. The van der Waals surface area contributed by atoms with Crippen LogP contribution in [0.2, 0.25) is 0 Å². The molecule has 0 fully saturated rings. The summed E-state index contributed by atoms with van der Waals surface area (Å²) in [6, 6.07) is 15.0. The highest BCUT2D eigenvalue weighted by Crippen LogP contribution is 2.33. The van der Waals surface area contributed by atoms with Gasteiger partial charge >= 0.3 is 0 Å². The van der Waals surface area contributed by atoms with Crippen molar-refractivity contribution in [1.82, 2.24) is 25.3 Å². The molecule has 0 unspecified atom stereocenters. The average Bonchev–Trinajstić information content (AvgIpc) is 2.95. The van der Waals surface area contributed by atoms with Crippen LogP contribution in [0.5, 0.6) is 5.88 Å². The minimum absolute atomic E-state index is 0.0742. The van der Waals surface area contributed by atoms with Crippen LogP contribution in [0.15, 0.2) is 84.4 Å². The van der Waals surface area contributed by atoms with Gasteiger partial charge in [0.15, 0.2) is 0 Å². The van der Waals surface area contributed by atoms with Crippen molar-refractivity contribution in [3.8, 4) is 28.3 Å². The fourth-order valence-electron chi connectivity index (χ4n) is 4.32. The number of amides is 1. The first-order valence-electron chi connectivity index (χ1n) is 11.6. The Morgan fingerprint density at radius 1 is 0.868 bits per heavy atom. The third-order valence-corrected chi connectivity index (χ3v) is 7.55. The number of aromatic nitrogens is 4. The number of ether oxygens (including phenoxy) is 1. The largest absolute Gasteiger partial charge is 0.480 e. The quantitative estimate of drug-likeness (QED) is 0.338. The first-order valence-corrected chi connectivity index (χ1v) is 13.0. The minimum atomic E-state index is -4.08. The summed E-state index contributed by atoms with van der Waals surface area (Å²) in [5.74, 6) is -0.319. The van der Waals surface area contributed by atoms with Gasteiger partial charge in [-0.3, -0.25) is 14.5 Å². The number of carbonyl (C=O) groups excluding carboxylic acids is 1. The van der Waals surface area contributed by atoms with E-state index in [-0.39, 0.29) is 28.6 Å². The van der Waals surface area contributed by atoms with Crippen molar-refractivity contribution in [1.29, 1.82) is 0 Å². The lowest BCUT2D eigenvalue weighted by molar-refractivity contribution is 0.0950. The minimum Gasteiger partial charge on any atom is -0.480 e. The third-order valence-electron chi connectivity index (χ3n) is 6.19. The lowest BCUT2D eigenvalue weighted by atomic mass is 10.0. The van der Waals surface area contributed by atoms with Crippen LogP contribution in [0.1, 0.15) is 15.9 Å². The summed E-state index contributed by atoms with van der Waals surface area (Å²) in [5.41, 5.74) is 4.72. The molecule has 1 amide bonds. The summed E-state index contributed by atoms with van der Waals surface area (Å²) in [5, 5.41) is 3.61. The van der Waals surface area contributed by atoms with E-state index in [9.17, 15) is 13.2 Å². The Hall–Kier alpha value is -4.90. The van der Waals surface area contributed by atoms with Gasteiger partial charge in [0.25, 0.3) is 15.9 Å². The van der Waals surface area contributed by atoms with Gasteiger partial charge in [0.2, 0.25) is 5.88 Å². The van der Waals surface area contributed by atoms with Crippen molar-refractivity contribution in [2.75, 3.05) is 11.8 Å². The molecule has 2 N–H and O–H groups in total. The smallest absolute Gasteiger partial charge is 0.262 e. The van der Waals surface area contributed by atoms with Crippen LogP contribution in [0.25, 0.3) is 33.3 Å². The van der Waals surface area contributed by atoms with Gasteiger partial charge in [-0.25, -0.2) is 23.4 Å². The molecule has 6 rings (SSSR count). The summed E-state index contributed by atoms with van der Waals surface area (Å²) in [7, 11) is -2.67. The van der Waals surface area contributed by atoms with E-state index < -0.39 is 15.9 Å². The van der Waals surface area contributed by atoms with Crippen molar-refractivity contribution in [3.05, 3.63) is 90.6 Å². The van der Waals surface area contributed by atoms with Crippen LogP contribution in [0.4, 0.5) is 5.69 Å². The summed E-state index contributed by atoms with van der Waals surface area (Å²) in [4.78, 5) is 30.4. The number of rotatable bonds is 1. The molecule has 11 heteroatoms. The predicted molar refractivity (Wildman–Crippen MR) is 141 cm³/mol. The van der Waals surface area contributed by atoms with Crippen LogP contribution in [0, 0.1) is 0 Å². The highest BCUT2D eigenvalue weighted by Gasteiger charge is 2.20. The lowest BCUT2D eigenvalue weighted by Gasteiger charge is -2.14. The van der Waals surface area contributed by atoms with E-state index in [1.54, 1.807) is 30.7 Å². The van der Waals surface area contributed by atoms with Crippen molar-refractivity contribution < 1.29 is 17.9 Å². The van der Waals surface area contributed by atoms with E-state index in [0.29, 0.717) is 11.3 Å². The molecule has 0 saturated heterocycles. The van der Waals surface area contributed by atoms with Crippen LogP contribution in [-0.2, 0) is 16.6 Å². The van der Waals surface area contributed by atoms with E-state index >= 15 is 0 Å². The number of anilines is 1. The number of fused-ring (bicyclic) bond motifs is 9. The molecule has 0 saturated carbocycles. The Morgan fingerprint density at radius 3 is 2.63 bits per heavy atom. The third kappa shape index (κ3) is 4.28. The lowest BCUT2D eigenvalue weighted by Crippen LogP contribution is -2.23. The van der Waals surface area contributed by atoms with Gasteiger partial charge in [0.05, 0.1) is 23.2 Å². The summed E-state index contributed by atoms with van der Waals surface area (Å²) < 4.78 is 34.5. The molecule has 0 atom stereocenters. The second kappa shape index (κ2) is 9.20. The number of hydrogen-bond acceptors (Lipinski definition) is 8. The molecule has 10 nitrogen and oxygen atoms in total. The molecule has 0 spiro atoms. The van der Waals surface area contributed by atoms with Crippen molar-refractivity contribution in [2.45, 2.75) is 11.4 Å². The van der Waals surface area contributed by atoms with E-state index in [2.05, 4.69) is 30.0 Å². The number of sulfonamides is 1. The summed E-state index contributed by atoms with van der Waals surface area (Å²) in [6.45, 7) is 0.191. The van der Waals surface area contributed by atoms with E-state index in [1.807, 2.05) is 24.3 Å². The van der Waals surface area contributed by atoms with Crippen LogP contribution < -0.4 is 14.8 Å². The number of methoxy groups -OCH3 is 1. The van der Waals surface area contributed by atoms with Crippen molar-refractivity contribution in [2.24, 2.45) is 0 Å². The average molecular weight is 525 g/mol. The van der Waals surface area contributed by atoms with Gasteiger partial charge < -0.3 is 10.1 Å². The molecular weight excluding hydrogens is 504 g/mol. The van der Waals surface area contributed by atoms with Gasteiger partial charge in [-0.05, 0) is 53.6 Å². The molecule has 38 heavy (non-hydrogen) atoms. The molecule has 0 aliphatic carbocycles. The molecule has 1 aliphatic heterocycles. The molecule has 0 radical (unpaired) electrons. The fourth-order valence-corrected chi connectivity index (χ4v) is 5.41. The zero-order valence-corrected chi connectivity index (χ0v) is 20.9. The van der Waals surface area contributed by atoms with Crippen molar-refractivity contribution >= 4 is 32.5 Å². The molecule has 1 aliphatic rings. The normalized spacial score (nSPS) is 14.2. The molecule has 4 heterocycles. The Balaban J connectivity index is 1.59. The topological polar surface area (TPSA) is 136 Å². The summed E-state index contributed by atoms with van der Waals surface area (Å²) in [6.07, 6.45) is 6.47. The highest BCUT2D eigenvalue weighted by atomic mass is 32.2. The Labute approximate surface area is 217 Å². The van der Waals surface area contributed by atoms with E-state index in [0.717, 1.165) is 27.6 Å². The predicted octanol–water partition coefficient (Wildman–Crippen LogP) is 3.81.